The topological polar surface area (TPSA) is 220 Å². The maximum Gasteiger partial charge on any atom is 0.338 e. The summed E-state index contributed by atoms with van der Waals surface area (Å²) in [5, 5.41) is 28.2. The van der Waals surface area contributed by atoms with Crippen molar-refractivity contribution in [2.45, 2.75) is 186 Å². The van der Waals surface area contributed by atoms with Gasteiger partial charge in [-0.25, -0.2) is 9.59 Å². The van der Waals surface area contributed by atoms with Crippen molar-refractivity contribution in [3.63, 3.8) is 0 Å². The van der Waals surface area contributed by atoms with Crippen LogP contribution in [-0.2, 0) is 51.7 Å². The van der Waals surface area contributed by atoms with E-state index >= 15 is 9.59 Å². The number of carbonyl (C=O) groups is 6. The minimum atomic E-state index is -2.77. The molecule has 2 bridgehead atoms. The fourth-order valence-electron chi connectivity index (χ4n) is 13.1. The van der Waals surface area contributed by atoms with Crippen LogP contribution in [0.5, 0.6) is 5.75 Å². The van der Waals surface area contributed by atoms with Crippen molar-refractivity contribution in [1.29, 1.82) is 0 Å². The molecule has 1 heterocycles. The summed E-state index contributed by atoms with van der Waals surface area (Å²) in [6, 6.07) is 25.8. The van der Waals surface area contributed by atoms with Gasteiger partial charge < -0.3 is 48.1 Å². The third-order valence-corrected chi connectivity index (χ3v) is 27.4. The lowest BCUT2D eigenvalue weighted by molar-refractivity contribution is -0.344. The van der Waals surface area contributed by atoms with E-state index in [1.165, 1.54) is 38.1 Å². The quantitative estimate of drug-likeness (QED) is 0.0415. The van der Waals surface area contributed by atoms with E-state index < -0.39 is 129 Å². The molecule has 3 aliphatic carbocycles. The Labute approximate surface area is 455 Å². The van der Waals surface area contributed by atoms with Crippen molar-refractivity contribution < 1.29 is 71.5 Å². The Morgan fingerprint density at radius 2 is 1.35 bits per heavy atom. The molecular weight excluding hydrogens is 1020 g/mol. The third-order valence-electron chi connectivity index (χ3n) is 18.1. The van der Waals surface area contributed by atoms with Crippen LogP contribution in [0.1, 0.15) is 128 Å². The summed E-state index contributed by atoms with van der Waals surface area (Å²) >= 11 is 0. The standard InChI is InChI=1S/C59H79NO15Si2/c1-13-76(14-2,15-3)74-44-33-45-58(35-69-45,73-38(9)62)50-52(72-54(66)41-30-25-31-42(63)32-41)59(68)34-43(36(7)46(56(59,10)11)48(70-37(8)61)51(64)57(44,50)12)71-55(67)49(75-77(16-4,17-5)18-6)47(39-26-21-19-22-27-39)60-53(65)40-28-23-20-24-29-40/h19-32,43-45,47-50,52,63,68H,13-18,33-35H2,1-12H3,(H,60,65)/t43-,44-,45+,47-,48+,49+,50-,52-,57+,58-,59+/m0/s1. The zero-order valence-electron chi connectivity index (χ0n) is 46.8. The van der Waals surface area contributed by atoms with Crippen molar-refractivity contribution in [2.24, 2.45) is 16.7 Å². The van der Waals surface area contributed by atoms with Crippen LogP contribution in [0.25, 0.3) is 0 Å². The largest absolute Gasteiger partial charge is 0.508 e. The molecule has 18 heteroatoms. The summed E-state index contributed by atoms with van der Waals surface area (Å²) in [5.74, 6) is -6.30. The average Bonchev–Trinajstić information content (AvgIpc) is 3.60. The molecule has 0 unspecified atom stereocenters. The molecule has 1 amide bonds. The van der Waals surface area contributed by atoms with Crippen molar-refractivity contribution in [3.8, 4) is 5.75 Å². The molecule has 418 valence electrons. The molecule has 3 fully saturated rings. The Balaban J connectivity index is 1.50. The lowest BCUT2D eigenvalue weighted by Gasteiger charge is -2.68. The first kappa shape index (κ1) is 59.2. The zero-order chi connectivity index (χ0) is 56.5. The Hall–Kier alpha value is -5.51. The van der Waals surface area contributed by atoms with Gasteiger partial charge >= 0.3 is 23.9 Å². The second-order valence-electron chi connectivity index (χ2n) is 22.2. The number of benzene rings is 3. The molecule has 3 aromatic rings. The number of Topliss-reactive ketones (excluding diaryl/α,β-unsaturated/α-hetero) is 1. The number of carbonyl (C=O) groups excluding carboxylic acids is 6. The SMILES string of the molecule is CC[Si](CC)(CC)O[C@H]1C[C@H]2OC[C@@]2(OC(C)=O)[C@H]2[C@H](OC(=O)c3cccc(O)c3)[C@]3(O)C[C@H](OC(=O)[C@H](O[Si](CC)(CC)CC)[C@@H](NC(=O)c4ccccc4)c4ccccc4)C(C)=C([C@@H](OC(C)=O)C(=O)[C@]12C)C3(C)C. The van der Waals surface area contributed by atoms with Gasteiger partial charge in [0.1, 0.15) is 29.7 Å². The molecule has 2 saturated carbocycles. The molecule has 16 nitrogen and oxygen atoms in total. The van der Waals surface area contributed by atoms with Gasteiger partial charge in [-0.2, -0.15) is 0 Å². The van der Waals surface area contributed by atoms with Gasteiger partial charge in [0.15, 0.2) is 40.2 Å². The number of amides is 1. The fraction of sp³-hybridized carbons (Fsp3) is 0.559. The number of hydrogen-bond donors (Lipinski definition) is 3. The number of phenols is 1. The van der Waals surface area contributed by atoms with Crippen LogP contribution in [0.3, 0.4) is 0 Å². The van der Waals surface area contributed by atoms with Crippen LogP contribution in [0.4, 0.5) is 0 Å². The van der Waals surface area contributed by atoms with Gasteiger partial charge in [-0.15, -0.1) is 0 Å². The highest BCUT2D eigenvalue weighted by molar-refractivity contribution is 6.74. The van der Waals surface area contributed by atoms with E-state index in [0.29, 0.717) is 47.4 Å². The minimum Gasteiger partial charge on any atom is -0.508 e. The Bertz CT molecular complexity index is 2690. The molecule has 11 atom stereocenters. The molecule has 1 aliphatic heterocycles. The lowest BCUT2D eigenvalue weighted by atomic mass is 9.44. The molecule has 77 heavy (non-hydrogen) atoms. The van der Waals surface area contributed by atoms with Crippen molar-refractivity contribution in [1.82, 2.24) is 5.32 Å². The van der Waals surface area contributed by atoms with E-state index in [9.17, 15) is 29.4 Å². The van der Waals surface area contributed by atoms with Gasteiger partial charge in [0.25, 0.3) is 5.91 Å². The Kier molecular flexibility index (Phi) is 17.7. The van der Waals surface area contributed by atoms with E-state index in [4.69, 9.17) is 32.5 Å². The van der Waals surface area contributed by atoms with Gasteiger partial charge in [-0.1, -0.05) is 110 Å². The number of nitrogens with one attached hydrogen (secondary N) is 1. The maximum atomic E-state index is 16.6. The highest BCUT2D eigenvalue weighted by atomic mass is 28.4. The van der Waals surface area contributed by atoms with Crippen molar-refractivity contribution in [2.75, 3.05) is 6.61 Å². The van der Waals surface area contributed by atoms with E-state index in [1.54, 1.807) is 82.3 Å². The van der Waals surface area contributed by atoms with Crippen LogP contribution < -0.4 is 5.32 Å². The van der Waals surface area contributed by atoms with Gasteiger partial charge in [0.2, 0.25) is 0 Å². The molecule has 3 aromatic carbocycles. The van der Waals surface area contributed by atoms with Crippen LogP contribution in [0.2, 0.25) is 36.3 Å². The second kappa shape index (κ2) is 23.1. The van der Waals surface area contributed by atoms with E-state index in [2.05, 4.69) is 5.32 Å². The zero-order valence-corrected chi connectivity index (χ0v) is 48.8. The minimum absolute atomic E-state index is 0.0593. The predicted molar refractivity (Wildman–Crippen MR) is 291 cm³/mol. The molecule has 0 aromatic heterocycles. The van der Waals surface area contributed by atoms with Crippen LogP contribution in [-0.4, -0.2) is 117 Å². The molecule has 3 N–H and O–H groups in total. The van der Waals surface area contributed by atoms with Crippen molar-refractivity contribution in [3.05, 3.63) is 113 Å². The molecule has 4 aliphatic rings. The second-order valence-corrected chi connectivity index (χ2v) is 31.7. The number of phenolic OH excluding ortho intramolecular Hbond substituents is 1. The monoisotopic (exact) mass is 1100 g/mol. The summed E-state index contributed by atoms with van der Waals surface area (Å²) in [6.07, 6.45) is -8.81. The van der Waals surface area contributed by atoms with Crippen LogP contribution in [0, 0.1) is 16.7 Å². The molecule has 1 saturated heterocycles. The molecule has 0 radical (unpaired) electrons. The number of hydrogen-bond acceptors (Lipinski definition) is 15. The van der Waals surface area contributed by atoms with E-state index in [-0.39, 0.29) is 35.5 Å². The highest BCUT2D eigenvalue weighted by Crippen LogP contribution is 2.65. The number of esters is 4. The van der Waals surface area contributed by atoms with Gasteiger partial charge in [-0.05, 0) is 97.2 Å². The molecular formula is C59H79NO15Si2. The Morgan fingerprint density at radius 1 is 0.766 bits per heavy atom. The summed E-state index contributed by atoms with van der Waals surface area (Å²) in [7, 11) is -5.46. The van der Waals surface area contributed by atoms with Crippen LogP contribution >= 0.6 is 0 Å². The number of rotatable bonds is 20. The maximum absolute atomic E-state index is 16.6. The number of aliphatic hydroxyl groups is 1. The highest BCUT2D eigenvalue weighted by Gasteiger charge is 2.79. The van der Waals surface area contributed by atoms with E-state index in [1.807, 2.05) is 47.6 Å². The van der Waals surface area contributed by atoms with E-state index in [0.717, 1.165) is 0 Å². The number of ketones is 1. The first-order valence-corrected chi connectivity index (χ1v) is 32.4. The molecule has 7 rings (SSSR count). The first-order chi connectivity index (χ1) is 36.4. The summed E-state index contributed by atoms with van der Waals surface area (Å²) in [5.41, 5.74) is -6.49. The van der Waals surface area contributed by atoms with Crippen molar-refractivity contribution >= 4 is 52.2 Å². The summed E-state index contributed by atoms with van der Waals surface area (Å²) in [6.45, 7) is 20.9. The van der Waals surface area contributed by atoms with Crippen LogP contribution in [0.15, 0.2) is 96.1 Å². The first-order valence-electron chi connectivity index (χ1n) is 27.3. The normalized spacial score (nSPS) is 28.5. The van der Waals surface area contributed by atoms with Gasteiger partial charge in [0, 0.05) is 37.7 Å². The third kappa shape index (κ3) is 10.7. The van der Waals surface area contributed by atoms with Gasteiger partial charge in [0.05, 0.1) is 35.6 Å². The summed E-state index contributed by atoms with van der Waals surface area (Å²) < 4.78 is 47.0. The average molecular weight is 1100 g/mol. The molecule has 0 spiro atoms. The summed E-state index contributed by atoms with van der Waals surface area (Å²) in [4.78, 5) is 88.7. The number of ether oxygens (including phenoxy) is 5. The predicted octanol–water partition coefficient (Wildman–Crippen LogP) is 9.50. The Morgan fingerprint density at radius 3 is 1.88 bits per heavy atom. The number of aromatic hydroxyl groups is 1. The van der Waals surface area contributed by atoms with Gasteiger partial charge in [-0.3, -0.25) is 19.2 Å². The smallest absolute Gasteiger partial charge is 0.338 e. The fourth-order valence-corrected chi connectivity index (χ4v) is 18.8. The lowest BCUT2D eigenvalue weighted by Crippen LogP contribution is -2.82. The number of fused-ring (bicyclic) bond motifs is 5.